The van der Waals surface area contributed by atoms with Gasteiger partial charge in [-0.2, -0.15) is 5.10 Å². The first kappa shape index (κ1) is 15.8. The van der Waals surface area contributed by atoms with Gasteiger partial charge in [0.15, 0.2) is 0 Å². The number of amides is 1. The molecule has 0 radical (unpaired) electrons. The Bertz CT molecular complexity index is 862. The number of hydrogen-bond acceptors (Lipinski definition) is 4. The zero-order valence-corrected chi connectivity index (χ0v) is 13.8. The highest BCUT2D eigenvalue weighted by Gasteiger charge is 2.29. The molecule has 0 aliphatic carbocycles. The van der Waals surface area contributed by atoms with Gasteiger partial charge in [0.05, 0.1) is 31.0 Å². The highest BCUT2D eigenvalue weighted by atomic mass is 16.5. The molecule has 1 fully saturated rings. The lowest BCUT2D eigenvalue weighted by atomic mass is 9.95. The van der Waals surface area contributed by atoms with E-state index in [1.807, 2.05) is 36.4 Å². The molecule has 2 aromatic heterocycles. The van der Waals surface area contributed by atoms with Crippen molar-refractivity contribution in [3.8, 4) is 0 Å². The van der Waals surface area contributed by atoms with Crippen molar-refractivity contribution in [2.75, 3.05) is 13.2 Å². The van der Waals surface area contributed by atoms with Crippen LogP contribution in [0.15, 0.2) is 55.0 Å². The van der Waals surface area contributed by atoms with Crippen LogP contribution in [0.4, 0.5) is 0 Å². The van der Waals surface area contributed by atoms with Gasteiger partial charge >= 0.3 is 0 Å². The molecule has 1 saturated heterocycles. The van der Waals surface area contributed by atoms with Crippen LogP contribution in [-0.4, -0.2) is 39.9 Å². The second-order valence-electron chi connectivity index (χ2n) is 6.39. The molecule has 1 aliphatic rings. The number of fused-ring (bicyclic) bond motifs is 1. The molecule has 1 N–H and O–H groups in total. The van der Waals surface area contributed by atoms with Gasteiger partial charge in [-0.05, 0) is 30.2 Å². The molecule has 25 heavy (non-hydrogen) atoms. The van der Waals surface area contributed by atoms with Crippen LogP contribution in [0.3, 0.4) is 0 Å². The maximum absolute atomic E-state index is 12.5. The van der Waals surface area contributed by atoms with Crippen molar-refractivity contribution in [2.45, 2.75) is 19.0 Å². The quantitative estimate of drug-likeness (QED) is 0.771. The first-order valence-corrected chi connectivity index (χ1v) is 8.46. The average Bonchev–Trinajstić information content (AvgIpc) is 3.23. The van der Waals surface area contributed by atoms with Crippen molar-refractivity contribution in [3.63, 3.8) is 0 Å². The van der Waals surface area contributed by atoms with Crippen LogP contribution in [0.2, 0.25) is 0 Å². The first-order chi connectivity index (χ1) is 12.3. The van der Waals surface area contributed by atoms with Gasteiger partial charge in [-0.25, -0.2) is 0 Å². The number of ether oxygens (including phenoxy) is 1. The summed E-state index contributed by atoms with van der Waals surface area (Å²) in [7, 11) is 0. The Balaban J connectivity index is 1.39. The summed E-state index contributed by atoms with van der Waals surface area (Å²) >= 11 is 0. The summed E-state index contributed by atoms with van der Waals surface area (Å²) in [5.41, 5.74) is 2.18. The number of hydrogen-bond donors (Lipinski definition) is 1. The van der Waals surface area contributed by atoms with Gasteiger partial charge in [0, 0.05) is 23.7 Å². The van der Waals surface area contributed by atoms with Gasteiger partial charge < -0.3 is 10.1 Å². The van der Waals surface area contributed by atoms with Gasteiger partial charge in [-0.3, -0.25) is 14.5 Å². The van der Waals surface area contributed by atoms with E-state index in [9.17, 15) is 4.79 Å². The number of rotatable bonds is 5. The molecule has 4 rings (SSSR count). The molecule has 6 heteroatoms. The van der Waals surface area contributed by atoms with E-state index in [0.29, 0.717) is 13.2 Å². The van der Waals surface area contributed by atoms with E-state index in [1.54, 1.807) is 23.3 Å². The molecule has 2 unspecified atom stereocenters. The number of aromatic nitrogens is 3. The molecule has 128 valence electrons. The van der Waals surface area contributed by atoms with E-state index < -0.39 is 0 Å². The molecule has 0 spiro atoms. The van der Waals surface area contributed by atoms with E-state index in [2.05, 4.69) is 15.4 Å². The molecule has 1 aromatic carbocycles. The second kappa shape index (κ2) is 7.03. The minimum Gasteiger partial charge on any atom is -0.379 e. The molecular formula is C19H20N4O2. The van der Waals surface area contributed by atoms with Crippen LogP contribution in [0.25, 0.3) is 10.9 Å². The molecule has 1 amide bonds. The fraction of sp³-hybridized carbons (Fsp3) is 0.316. The SMILES string of the molecule is O=C(Cn1ncc2ccccc21)NC1COCC1Cc1ccncc1. The van der Waals surface area contributed by atoms with Crippen molar-refractivity contribution in [3.05, 3.63) is 60.6 Å². The molecule has 6 nitrogen and oxygen atoms in total. The van der Waals surface area contributed by atoms with Crippen LogP contribution in [-0.2, 0) is 22.5 Å². The van der Waals surface area contributed by atoms with Crippen molar-refractivity contribution >= 4 is 16.8 Å². The van der Waals surface area contributed by atoms with Gasteiger partial charge in [-0.15, -0.1) is 0 Å². The van der Waals surface area contributed by atoms with Crippen LogP contribution in [0.1, 0.15) is 5.56 Å². The van der Waals surface area contributed by atoms with E-state index in [-0.39, 0.29) is 24.4 Å². The van der Waals surface area contributed by atoms with Crippen LogP contribution in [0.5, 0.6) is 0 Å². The van der Waals surface area contributed by atoms with E-state index in [1.165, 1.54) is 5.56 Å². The summed E-state index contributed by atoms with van der Waals surface area (Å²) in [5.74, 6) is 0.241. The molecule has 1 aliphatic heterocycles. The summed E-state index contributed by atoms with van der Waals surface area (Å²) in [6, 6.07) is 11.9. The molecular weight excluding hydrogens is 316 g/mol. The maximum Gasteiger partial charge on any atom is 0.242 e. The van der Waals surface area contributed by atoms with Crippen LogP contribution in [0, 0.1) is 5.92 Å². The van der Waals surface area contributed by atoms with Gasteiger partial charge in [-0.1, -0.05) is 18.2 Å². The second-order valence-corrected chi connectivity index (χ2v) is 6.39. The molecule has 0 bridgehead atoms. The Hall–Kier alpha value is -2.73. The molecule has 3 aromatic rings. The number of carbonyl (C=O) groups excluding carboxylic acids is 1. The summed E-state index contributed by atoms with van der Waals surface area (Å²) < 4.78 is 7.33. The fourth-order valence-electron chi connectivity index (χ4n) is 3.32. The zero-order chi connectivity index (χ0) is 17.1. The normalized spacial score (nSPS) is 20.0. The minimum absolute atomic E-state index is 0.0301. The van der Waals surface area contributed by atoms with Gasteiger partial charge in [0.2, 0.25) is 5.91 Å². The summed E-state index contributed by atoms with van der Waals surface area (Å²) in [6.07, 6.45) is 6.24. The number of pyridine rings is 1. The lowest BCUT2D eigenvalue weighted by Crippen LogP contribution is -2.42. The molecule has 0 saturated carbocycles. The Morgan fingerprint density at radius 2 is 2.04 bits per heavy atom. The van der Waals surface area contributed by atoms with Crippen molar-refractivity contribution in [1.29, 1.82) is 0 Å². The van der Waals surface area contributed by atoms with Crippen LogP contribution >= 0.6 is 0 Å². The monoisotopic (exact) mass is 336 g/mol. The Morgan fingerprint density at radius 1 is 1.20 bits per heavy atom. The summed E-state index contributed by atoms with van der Waals surface area (Å²) in [6.45, 7) is 1.44. The number of benzene rings is 1. The lowest BCUT2D eigenvalue weighted by molar-refractivity contribution is -0.122. The van der Waals surface area contributed by atoms with Crippen LogP contribution < -0.4 is 5.32 Å². The topological polar surface area (TPSA) is 69.0 Å². The number of nitrogens with zero attached hydrogens (tertiary/aromatic N) is 3. The third-order valence-corrected chi connectivity index (χ3v) is 4.64. The third-order valence-electron chi connectivity index (χ3n) is 4.64. The van der Waals surface area contributed by atoms with Crippen molar-refractivity contribution < 1.29 is 9.53 Å². The standard InChI is InChI=1S/C19H20N4O2/c24-19(11-23-18-4-2-1-3-15(18)10-21-23)22-17-13-25-12-16(17)9-14-5-7-20-8-6-14/h1-8,10,16-17H,9,11-13H2,(H,22,24). The predicted molar refractivity (Wildman–Crippen MR) is 93.9 cm³/mol. The average molecular weight is 336 g/mol. The Kier molecular flexibility index (Phi) is 4.43. The maximum atomic E-state index is 12.5. The van der Waals surface area contributed by atoms with Gasteiger partial charge in [0.25, 0.3) is 0 Å². The van der Waals surface area contributed by atoms with Crippen molar-refractivity contribution in [1.82, 2.24) is 20.1 Å². The Morgan fingerprint density at radius 3 is 2.92 bits per heavy atom. The number of nitrogens with one attached hydrogen (secondary N) is 1. The summed E-state index contributed by atoms with van der Waals surface area (Å²) in [5, 5.41) is 8.46. The molecule has 2 atom stereocenters. The number of carbonyl (C=O) groups is 1. The zero-order valence-electron chi connectivity index (χ0n) is 13.8. The smallest absolute Gasteiger partial charge is 0.242 e. The summed E-state index contributed by atoms with van der Waals surface area (Å²) in [4.78, 5) is 16.5. The highest BCUT2D eigenvalue weighted by Crippen LogP contribution is 2.19. The lowest BCUT2D eigenvalue weighted by Gasteiger charge is -2.19. The van der Waals surface area contributed by atoms with E-state index in [0.717, 1.165) is 17.3 Å². The highest BCUT2D eigenvalue weighted by molar-refractivity contribution is 5.82. The number of para-hydroxylation sites is 1. The van der Waals surface area contributed by atoms with Crippen molar-refractivity contribution in [2.24, 2.45) is 5.92 Å². The largest absolute Gasteiger partial charge is 0.379 e. The molecule has 3 heterocycles. The Labute approximate surface area is 145 Å². The van der Waals surface area contributed by atoms with Gasteiger partial charge in [0.1, 0.15) is 6.54 Å². The fourth-order valence-corrected chi connectivity index (χ4v) is 3.32. The first-order valence-electron chi connectivity index (χ1n) is 8.46. The predicted octanol–water partition coefficient (Wildman–Crippen LogP) is 1.81. The van der Waals surface area contributed by atoms with E-state index in [4.69, 9.17) is 4.74 Å². The minimum atomic E-state index is -0.0379. The van der Waals surface area contributed by atoms with E-state index >= 15 is 0 Å². The third kappa shape index (κ3) is 3.53.